The number of aliphatic hydroxyl groups is 1. The summed E-state index contributed by atoms with van der Waals surface area (Å²) in [5, 5.41) is 11.1. The van der Waals surface area contributed by atoms with E-state index in [1.807, 2.05) is 12.1 Å². The molecule has 0 radical (unpaired) electrons. The lowest BCUT2D eigenvalue weighted by Gasteiger charge is -2.26. The normalized spacial score (nSPS) is 23.2. The molecule has 112 valence electrons. The predicted octanol–water partition coefficient (Wildman–Crippen LogP) is 1.73. The third-order valence-electron chi connectivity index (χ3n) is 4.10. The third-order valence-corrected chi connectivity index (χ3v) is 4.10. The van der Waals surface area contributed by atoms with Crippen LogP contribution < -0.4 is 0 Å². The monoisotopic (exact) mass is 285 g/mol. The van der Waals surface area contributed by atoms with Crippen molar-refractivity contribution in [1.82, 2.24) is 14.8 Å². The molecule has 1 saturated heterocycles. The van der Waals surface area contributed by atoms with Crippen molar-refractivity contribution >= 4 is 10.9 Å². The average molecular weight is 285 g/mol. The lowest BCUT2D eigenvalue weighted by Crippen LogP contribution is -2.37. The Morgan fingerprint density at radius 2 is 2.05 bits per heavy atom. The second-order valence-corrected chi connectivity index (χ2v) is 6.23. The molecule has 1 fully saturated rings. The van der Waals surface area contributed by atoms with Gasteiger partial charge in [0.1, 0.15) is 0 Å². The largest absolute Gasteiger partial charge is 0.392 e. The van der Waals surface area contributed by atoms with Crippen molar-refractivity contribution in [2.75, 3.05) is 27.2 Å². The molecule has 2 heterocycles. The highest BCUT2D eigenvalue weighted by Crippen LogP contribution is 2.21. The minimum Gasteiger partial charge on any atom is -0.392 e. The van der Waals surface area contributed by atoms with Crippen molar-refractivity contribution in [3.05, 3.63) is 42.1 Å². The number of aromatic nitrogens is 1. The molecule has 1 aromatic carbocycles. The highest BCUT2D eigenvalue weighted by atomic mass is 16.3. The summed E-state index contributed by atoms with van der Waals surface area (Å²) in [7, 11) is 4.16. The van der Waals surface area contributed by atoms with E-state index in [9.17, 15) is 5.11 Å². The maximum absolute atomic E-state index is 9.95. The lowest BCUT2D eigenvalue weighted by molar-refractivity contribution is 0.168. The molecule has 0 aliphatic carbocycles. The molecular formula is C17H23N3O. The second-order valence-electron chi connectivity index (χ2n) is 6.23. The number of likely N-dealkylation sites (tertiary alicyclic amines) is 1. The fourth-order valence-corrected chi connectivity index (χ4v) is 3.17. The van der Waals surface area contributed by atoms with Crippen molar-refractivity contribution in [1.29, 1.82) is 0 Å². The molecule has 1 aliphatic rings. The number of likely N-dealkylation sites (N-methyl/N-ethyl adjacent to an activating group) is 1. The zero-order valence-corrected chi connectivity index (χ0v) is 12.7. The second kappa shape index (κ2) is 6.10. The van der Waals surface area contributed by atoms with Gasteiger partial charge in [-0.15, -0.1) is 0 Å². The molecule has 4 nitrogen and oxygen atoms in total. The molecule has 2 unspecified atom stereocenters. The standard InChI is InChI=1S/C17H23N3O/c1-19(2)11-15-9-16(21)12-20(15)10-14-8-7-13-5-3-4-6-17(13)18-14/h3-8,15-16,21H,9-12H2,1-2H3. The van der Waals surface area contributed by atoms with Crippen LogP contribution in [0.1, 0.15) is 12.1 Å². The maximum Gasteiger partial charge on any atom is 0.0705 e. The molecule has 21 heavy (non-hydrogen) atoms. The molecule has 0 saturated carbocycles. The van der Waals surface area contributed by atoms with Crippen molar-refractivity contribution in [2.24, 2.45) is 0 Å². The van der Waals surface area contributed by atoms with Gasteiger partial charge in [-0.05, 0) is 32.6 Å². The van der Waals surface area contributed by atoms with E-state index in [2.05, 4.69) is 48.2 Å². The Kier molecular flexibility index (Phi) is 4.19. The zero-order valence-electron chi connectivity index (χ0n) is 12.7. The van der Waals surface area contributed by atoms with Gasteiger partial charge < -0.3 is 10.0 Å². The fourth-order valence-electron chi connectivity index (χ4n) is 3.17. The Morgan fingerprint density at radius 1 is 1.24 bits per heavy atom. The molecule has 4 heteroatoms. The Bertz CT molecular complexity index is 614. The van der Waals surface area contributed by atoms with E-state index in [1.54, 1.807) is 0 Å². The summed E-state index contributed by atoms with van der Waals surface area (Å²) < 4.78 is 0. The Labute approximate surface area is 126 Å². The van der Waals surface area contributed by atoms with E-state index in [0.29, 0.717) is 6.04 Å². The number of nitrogens with zero attached hydrogens (tertiary/aromatic N) is 3. The Hall–Kier alpha value is -1.49. The van der Waals surface area contributed by atoms with Gasteiger partial charge in [0, 0.05) is 31.1 Å². The SMILES string of the molecule is CN(C)CC1CC(O)CN1Cc1ccc2ccccc2n1. The number of pyridine rings is 1. The summed E-state index contributed by atoms with van der Waals surface area (Å²) in [4.78, 5) is 9.27. The van der Waals surface area contributed by atoms with Crippen molar-refractivity contribution in [3.8, 4) is 0 Å². The number of rotatable bonds is 4. The molecule has 2 aromatic rings. The van der Waals surface area contributed by atoms with Gasteiger partial charge in [-0.25, -0.2) is 0 Å². The average Bonchev–Trinajstić information content (AvgIpc) is 2.77. The van der Waals surface area contributed by atoms with Crippen LogP contribution in [0, 0.1) is 0 Å². The maximum atomic E-state index is 9.95. The van der Waals surface area contributed by atoms with E-state index in [4.69, 9.17) is 4.98 Å². The highest BCUT2D eigenvalue weighted by Gasteiger charge is 2.31. The van der Waals surface area contributed by atoms with Crippen LogP contribution in [0.4, 0.5) is 0 Å². The van der Waals surface area contributed by atoms with Gasteiger partial charge in [-0.2, -0.15) is 0 Å². The van der Waals surface area contributed by atoms with Crippen molar-refractivity contribution in [3.63, 3.8) is 0 Å². The number of para-hydroxylation sites is 1. The summed E-state index contributed by atoms with van der Waals surface area (Å²) in [6.07, 6.45) is 0.640. The lowest BCUT2D eigenvalue weighted by atomic mass is 10.1. The van der Waals surface area contributed by atoms with Gasteiger partial charge in [-0.3, -0.25) is 9.88 Å². The summed E-state index contributed by atoms with van der Waals surface area (Å²) in [6, 6.07) is 12.8. The molecule has 1 N–H and O–H groups in total. The van der Waals surface area contributed by atoms with E-state index in [-0.39, 0.29) is 6.10 Å². The van der Waals surface area contributed by atoms with Gasteiger partial charge in [0.15, 0.2) is 0 Å². The van der Waals surface area contributed by atoms with Crippen LogP contribution in [0.25, 0.3) is 10.9 Å². The van der Waals surface area contributed by atoms with E-state index in [1.165, 1.54) is 5.39 Å². The minimum absolute atomic E-state index is 0.213. The molecule has 3 rings (SSSR count). The van der Waals surface area contributed by atoms with E-state index in [0.717, 1.165) is 37.3 Å². The van der Waals surface area contributed by atoms with Crippen molar-refractivity contribution < 1.29 is 5.11 Å². The van der Waals surface area contributed by atoms with Crippen molar-refractivity contribution in [2.45, 2.75) is 25.1 Å². The Balaban J connectivity index is 1.76. The summed E-state index contributed by atoms with van der Waals surface area (Å²) in [6.45, 7) is 2.53. The van der Waals surface area contributed by atoms with Crippen LogP contribution in [-0.4, -0.2) is 59.2 Å². The van der Waals surface area contributed by atoms with E-state index < -0.39 is 0 Å². The topological polar surface area (TPSA) is 39.6 Å². The van der Waals surface area contributed by atoms with Crippen LogP contribution in [0.5, 0.6) is 0 Å². The number of aliphatic hydroxyl groups excluding tert-OH is 1. The first-order valence-corrected chi connectivity index (χ1v) is 7.53. The van der Waals surface area contributed by atoms with Gasteiger partial charge >= 0.3 is 0 Å². The first-order chi connectivity index (χ1) is 10.1. The van der Waals surface area contributed by atoms with Gasteiger partial charge in [0.2, 0.25) is 0 Å². The van der Waals surface area contributed by atoms with Gasteiger partial charge in [0.05, 0.1) is 17.3 Å². The van der Waals surface area contributed by atoms with Crippen LogP contribution in [0.15, 0.2) is 36.4 Å². The summed E-state index contributed by atoms with van der Waals surface area (Å²) in [5.41, 5.74) is 2.12. The number of hydrogen-bond acceptors (Lipinski definition) is 4. The van der Waals surface area contributed by atoms with Gasteiger partial charge in [0.25, 0.3) is 0 Å². The molecule has 0 bridgehead atoms. The summed E-state index contributed by atoms with van der Waals surface area (Å²) >= 11 is 0. The highest BCUT2D eigenvalue weighted by molar-refractivity contribution is 5.78. The van der Waals surface area contributed by atoms with Crippen LogP contribution in [0.2, 0.25) is 0 Å². The van der Waals surface area contributed by atoms with Crippen LogP contribution >= 0.6 is 0 Å². The Morgan fingerprint density at radius 3 is 2.86 bits per heavy atom. The first kappa shape index (κ1) is 14.4. The molecular weight excluding hydrogens is 262 g/mol. The van der Waals surface area contributed by atoms with Gasteiger partial charge in [-0.1, -0.05) is 24.3 Å². The predicted molar refractivity (Wildman–Crippen MR) is 85.1 cm³/mol. The number of fused-ring (bicyclic) bond motifs is 1. The fraction of sp³-hybridized carbons (Fsp3) is 0.471. The number of hydrogen-bond donors (Lipinski definition) is 1. The quantitative estimate of drug-likeness (QED) is 0.929. The third kappa shape index (κ3) is 3.40. The van der Waals surface area contributed by atoms with E-state index >= 15 is 0 Å². The van der Waals surface area contributed by atoms with Crippen LogP contribution in [-0.2, 0) is 6.54 Å². The molecule has 0 amide bonds. The molecule has 1 aliphatic heterocycles. The van der Waals surface area contributed by atoms with Crippen LogP contribution in [0.3, 0.4) is 0 Å². The summed E-state index contributed by atoms with van der Waals surface area (Å²) in [5.74, 6) is 0. The molecule has 0 spiro atoms. The zero-order chi connectivity index (χ0) is 14.8. The smallest absolute Gasteiger partial charge is 0.0705 e. The first-order valence-electron chi connectivity index (χ1n) is 7.53. The molecule has 2 atom stereocenters. The number of β-amino-alcohol motifs (C(OH)–C–C–N with tert-alkyl or cyclic N) is 1. The molecule has 1 aromatic heterocycles. The minimum atomic E-state index is -0.213. The number of benzene rings is 1.